The number of nitrogens with zero attached hydrogens (tertiary/aromatic N) is 5. The van der Waals surface area contributed by atoms with Crippen LogP contribution in [0.3, 0.4) is 0 Å². The average molecular weight is 379 g/mol. The molecule has 3 aromatic rings. The zero-order valence-corrected chi connectivity index (χ0v) is 15.4. The van der Waals surface area contributed by atoms with E-state index in [9.17, 15) is 4.79 Å². The van der Waals surface area contributed by atoms with Gasteiger partial charge in [0.1, 0.15) is 6.33 Å². The molecule has 2 amide bonds. The van der Waals surface area contributed by atoms with Gasteiger partial charge in [0.25, 0.3) is 0 Å². The largest absolute Gasteiger partial charge is 0.337 e. The van der Waals surface area contributed by atoms with Crippen molar-refractivity contribution < 1.29 is 9.32 Å². The van der Waals surface area contributed by atoms with Gasteiger partial charge in [-0.1, -0.05) is 35.5 Å². The van der Waals surface area contributed by atoms with Gasteiger partial charge in [-0.2, -0.15) is 4.98 Å². The molecule has 1 aliphatic heterocycles. The van der Waals surface area contributed by atoms with E-state index in [4.69, 9.17) is 4.52 Å². The highest BCUT2D eigenvalue weighted by Gasteiger charge is 2.35. The van der Waals surface area contributed by atoms with E-state index in [1.807, 2.05) is 37.4 Å². The Morgan fingerprint density at radius 2 is 2.04 bits per heavy atom. The summed E-state index contributed by atoms with van der Waals surface area (Å²) in [5.41, 5.74) is 1.76. The highest BCUT2D eigenvalue weighted by molar-refractivity contribution is 5.74. The van der Waals surface area contributed by atoms with Gasteiger partial charge in [-0.05, 0) is 19.0 Å². The predicted octanol–water partition coefficient (Wildman–Crippen LogP) is 1.77. The van der Waals surface area contributed by atoms with Crippen molar-refractivity contribution in [3.63, 3.8) is 0 Å². The summed E-state index contributed by atoms with van der Waals surface area (Å²) in [5, 5.41) is 9.93. The molecule has 9 heteroatoms. The minimum Gasteiger partial charge on any atom is -0.337 e. The molecule has 2 atom stereocenters. The first kappa shape index (κ1) is 18.1. The van der Waals surface area contributed by atoms with Gasteiger partial charge in [0.05, 0.1) is 11.6 Å². The van der Waals surface area contributed by atoms with E-state index in [1.54, 1.807) is 12.4 Å². The molecule has 0 bridgehead atoms. The predicted molar refractivity (Wildman–Crippen MR) is 101 cm³/mol. The van der Waals surface area contributed by atoms with Gasteiger partial charge in [0, 0.05) is 31.5 Å². The summed E-state index contributed by atoms with van der Waals surface area (Å²) in [7, 11) is 1.98. The van der Waals surface area contributed by atoms with Gasteiger partial charge in [-0.15, -0.1) is 0 Å². The monoisotopic (exact) mass is 379 g/mol. The van der Waals surface area contributed by atoms with Crippen LogP contribution >= 0.6 is 0 Å². The topological polar surface area (TPSA) is 109 Å². The number of amides is 2. The van der Waals surface area contributed by atoms with Gasteiger partial charge in [-0.3, -0.25) is 4.90 Å². The van der Waals surface area contributed by atoms with Crippen LogP contribution in [0, 0.1) is 0 Å². The number of carbonyl (C=O) groups excluding carboxylic acids is 1. The minimum absolute atomic E-state index is 0.00109. The number of urea groups is 1. The third-order valence-electron chi connectivity index (χ3n) is 4.72. The zero-order valence-electron chi connectivity index (χ0n) is 15.4. The Bertz CT molecular complexity index is 916. The van der Waals surface area contributed by atoms with Crippen LogP contribution < -0.4 is 10.6 Å². The first-order chi connectivity index (χ1) is 13.7. The summed E-state index contributed by atoms with van der Waals surface area (Å²) in [4.78, 5) is 26.7. The van der Waals surface area contributed by atoms with E-state index in [0.717, 1.165) is 5.56 Å². The molecule has 28 heavy (non-hydrogen) atoms. The fourth-order valence-corrected chi connectivity index (χ4v) is 3.31. The third kappa shape index (κ3) is 4.15. The van der Waals surface area contributed by atoms with Gasteiger partial charge in [-0.25, -0.2) is 14.8 Å². The average Bonchev–Trinajstić information content (AvgIpc) is 3.34. The normalized spacial score (nSPS) is 19.5. The van der Waals surface area contributed by atoms with E-state index < -0.39 is 0 Å². The molecule has 0 saturated carbocycles. The Morgan fingerprint density at radius 3 is 2.82 bits per heavy atom. The highest BCUT2D eigenvalue weighted by Crippen LogP contribution is 2.30. The summed E-state index contributed by atoms with van der Waals surface area (Å²) in [5.74, 6) is 0.983. The molecule has 9 nitrogen and oxygen atoms in total. The quantitative estimate of drug-likeness (QED) is 0.695. The SMILES string of the molecule is CN1CC(NC(=O)NCc2ccccc2)CC1c1nc(-c2cncnc2)no1. The number of hydrogen-bond acceptors (Lipinski definition) is 7. The molecule has 1 aromatic carbocycles. The van der Waals surface area contributed by atoms with Crippen molar-refractivity contribution >= 4 is 6.03 Å². The number of rotatable bonds is 5. The van der Waals surface area contributed by atoms with Crippen molar-refractivity contribution in [1.29, 1.82) is 0 Å². The lowest BCUT2D eigenvalue weighted by Gasteiger charge is -2.14. The molecule has 1 fully saturated rings. The lowest BCUT2D eigenvalue weighted by Crippen LogP contribution is -2.42. The maximum atomic E-state index is 12.2. The fraction of sp³-hybridized carbons (Fsp3) is 0.316. The summed E-state index contributed by atoms with van der Waals surface area (Å²) in [6.45, 7) is 1.19. The third-order valence-corrected chi connectivity index (χ3v) is 4.72. The van der Waals surface area contributed by atoms with Gasteiger partial charge in [0.15, 0.2) is 0 Å². The van der Waals surface area contributed by atoms with Crippen molar-refractivity contribution in [3.05, 3.63) is 60.5 Å². The van der Waals surface area contributed by atoms with Crippen LogP contribution in [-0.4, -0.2) is 50.7 Å². The number of likely N-dealkylation sites (tertiary alicyclic amines) is 1. The van der Waals surface area contributed by atoms with Gasteiger partial charge < -0.3 is 15.2 Å². The van der Waals surface area contributed by atoms with Crippen LogP contribution in [0.25, 0.3) is 11.4 Å². The molecule has 1 saturated heterocycles. The van der Waals surface area contributed by atoms with Crippen LogP contribution in [0.2, 0.25) is 0 Å². The summed E-state index contributed by atoms with van der Waals surface area (Å²) < 4.78 is 5.45. The van der Waals surface area contributed by atoms with Crippen LogP contribution in [-0.2, 0) is 6.54 Å². The van der Waals surface area contributed by atoms with E-state index in [-0.39, 0.29) is 18.1 Å². The second-order valence-corrected chi connectivity index (χ2v) is 6.78. The molecular formula is C19H21N7O2. The first-order valence-electron chi connectivity index (χ1n) is 9.06. The zero-order chi connectivity index (χ0) is 19.3. The van der Waals surface area contributed by atoms with Gasteiger partial charge >= 0.3 is 6.03 Å². The molecular weight excluding hydrogens is 358 g/mol. The molecule has 4 rings (SSSR count). The molecule has 0 spiro atoms. The maximum absolute atomic E-state index is 12.2. The Balaban J connectivity index is 1.33. The molecule has 1 aliphatic rings. The fourth-order valence-electron chi connectivity index (χ4n) is 3.31. The van der Waals surface area contributed by atoms with Gasteiger partial charge in [0.2, 0.25) is 11.7 Å². The second kappa shape index (κ2) is 8.13. The molecule has 144 valence electrons. The lowest BCUT2D eigenvalue weighted by molar-refractivity contribution is 0.236. The molecule has 2 unspecified atom stereocenters. The van der Waals surface area contributed by atoms with Crippen molar-refractivity contribution in [3.8, 4) is 11.4 Å². The van der Waals surface area contributed by atoms with Crippen molar-refractivity contribution in [2.24, 2.45) is 0 Å². The molecule has 2 N–H and O–H groups in total. The van der Waals surface area contributed by atoms with E-state index >= 15 is 0 Å². The van der Waals surface area contributed by atoms with Crippen molar-refractivity contribution in [2.75, 3.05) is 13.6 Å². The number of aromatic nitrogens is 4. The molecule has 0 aliphatic carbocycles. The van der Waals surface area contributed by atoms with Crippen LogP contribution in [0.5, 0.6) is 0 Å². The van der Waals surface area contributed by atoms with Crippen LogP contribution in [0.4, 0.5) is 4.79 Å². The second-order valence-electron chi connectivity index (χ2n) is 6.78. The van der Waals surface area contributed by atoms with E-state index in [1.165, 1.54) is 6.33 Å². The van der Waals surface area contributed by atoms with Crippen LogP contribution in [0.1, 0.15) is 23.9 Å². The Hall–Kier alpha value is -3.33. The smallest absolute Gasteiger partial charge is 0.315 e. The van der Waals surface area contributed by atoms with Crippen molar-refractivity contribution in [1.82, 2.24) is 35.6 Å². The maximum Gasteiger partial charge on any atom is 0.315 e. The first-order valence-corrected chi connectivity index (χ1v) is 9.06. The standard InChI is InChI=1S/C19H21N7O2/c1-26-11-15(23-19(27)22-8-13-5-3-2-4-6-13)7-16(26)18-24-17(25-28-18)14-9-20-12-21-10-14/h2-6,9-10,12,15-16H,7-8,11H2,1H3,(H2,22,23,27). The number of hydrogen-bond donors (Lipinski definition) is 2. The van der Waals surface area contributed by atoms with Crippen molar-refractivity contribution in [2.45, 2.75) is 25.0 Å². The number of nitrogens with one attached hydrogen (secondary N) is 2. The number of likely N-dealkylation sites (N-methyl/N-ethyl adjacent to an activating group) is 1. The Labute approximate surface area is 162 Å². The van der Waals surface area contributed by atoms with Crippen LogP contribution in [0.15, 0.2) is 53.6 Å². The molecule has 0 radical (unpaired) electrons. The Morgan fingerprint density at radius 1 is 1.25 bits per heavy atom. The lowest BCUT2D eigenvalue weighted by atomic mass is 10.1. The molecule has 2 aromatic heterocycles. The highest BCUT2D eigenvalue weighted by atomic mass is 16.5. The Kier molecular flexibility index (Phi) is 5.24. The van der Waals surface area contributed by atoms with E-state index in [2.05, 4.69) is 35.6 Å². The number of carbonyl (C=O) groups is 1. The summed E-state index contributed by atoms with van der Waals surface area (Å²) in [6, 6.07) is 9.57. The van der Waals surface area contributed by atoms with E-state index in [0.29, 0.717) is 36.8 Å². The summed E-state index contributed by atoms with van der Waals surface area (Å²) in [6.07, 6.45) is 5.43. The minimum atomic E-state index is -0.185. The summed E-state index contributed by atoms with van der Waals surface area (Å²) >= 11 is 0. The number of benzene rings is 1. The molecule has 3 heterocycles.